The van der Waals surface area contributed by atoms with Crippen molar-refractivity contribution in [1.29, 1.82) is 0 Å². The number of hydrogen-bond acceptors (Lipinski definition) is 5. The van der Waals surface area contributed by atoms with Crippen LogP contribution in [0, 0.1) is 0 Å². The van der Waals surface area contributed by atoms with E-state index >= 15 is 0 Å². The Balaban J connectivity index is 1.50. The molecule has 0 spiro atoms. The summed E-state index contributed by atoms with van der Waals surface area (Å²) in [5.74, 6) is 0.775. The van der Waals surface area contributed by atoms with E-state index in [2.05, 4.69) is 10.6 Å². The number of phenolic OH excluding ortho intramolecular Hbond substituents is 1. The van der Waals surface area contributed by atoms with Crippen LogP contribution in [0.15, 0.2) is 24.3 Å². The molecule has 0 aliphatic carbocycles. The Morgan fingerprint density at radius 3 is 2.58 bits per heavy atom. The van der Waals surface area contributed by atoms with Gasteiger partial charge in [0.25, 0.3) is 0 Å². The first kappa shape index (κ1) is 18.4. The number of aliphatic hydroxyl groups is 1. The van der Waals surface area contributed by atoms with Crippen molar-refractivity contribution < 1.29 is 19.7 Å². The van der Waals surface area contributed by atoms with Crippen molar-refractivity contribution in [3.8, 4) is 11.5 Å². The van der Waals surface area contributed by atoms with Crippen molar-refractivity contribution in [1.82, 2.24) is 15.5 Å². The summed E-state index contributed by atoms with van der Waals surface area (Å²) in [5, 5.41) is 25.0. The number of aliphatic hydroxyl groups excluding tert-OH is 1. The highest BCUT2D eigenvalue weighted by Gasteiger charge is 2.15. The number of aromatic hydroxyl groups is 1. The van der Waals surface area contributed by atoms with E-state index in [4.69, 9.17) is 4.74 Å². The molecule has 1 fully saturated rings. The third-order valence-electron chi connectivity index (χ3n) is 3.88. The maximum Gasteiger partial charge on any atom is 0.317 e. The number of carbonyl (C=O) groups excluding carboxylic acids is 1. The van der Waals surface area contributed by atoms with Crippen LogP contribution in [0.1, 0.15) is 19.3 Å². The molecular weight excluding hydrogens is 310 g/mol. The molecule has 7 heteroatoms. The van der Waals surface area contributed by atoms with Crippen molar-refractivity contribution in [2.24, 2.45) is 0 Å². The average Bonchev–Trinajstić information content (AvgIpc) is 2.61. The minimum atomic E-state index is -0.642. The summed E-state index contributed by atoms with van der Waals surface area (Å²) >= 11 is 0. The third kappa shape index (κ3) is 6.64. The molecule has 1 aromatic rings. The fraction of sp³-hybridized carbons (Fsp3) is 0.588. The highest BCUT2D eigenvalue weighted by molar-refractivity contribution is 5.74. The number of nitrogens with zero attached hydrogens (tertiary/aromatic N) is 1. The summed E-state index contributed by atoms with van der Waals surface area (Å²) in [4.78, 5) is 13.7. The molecule has 0 unspecified atom stereocenters. The number of rotatable bonds is 8. The predicted octanol–water partition coefficient (Wildman–Crippen LogP) is 0.917. The van der Waals surface area contributed by atoms with Crippen LogP contribution < -0.4 is 15.4 Å². The van der Waals surface area contributed by atoms with Gasteiger partial charge in [-0.2, -0.15) is 0 Å². The molecule has 1 heterocycles. The Morgan fingerprint density at radius 1 is 1.17 bits per heavy atom. The van der Waals surface area contributed by atoms with E-state index in [0.717, 1.165) is 25.9 Å². The SMILES string of the molecule is O=C(NCCNC[C@@H](O)COc1ccc(O)cc1)N1CCCCC1. The van der Waals surface area contributed by atoms with Crippen molar-refractivity contribution in [2.45, 2.75) is 25.4 Å². The van der Waals surface area contributed by atoms with Crippen LogP contribution in [0.5, 0.6) is 11.5 Å². The van der Waals surface area contributed by atoms with Gasteiger partial charge in [0.15, 0.2) is 0 Å². The molecule has 0 aromatic heterocycles. The normalized spacial score (nSPS) is 15.8. The van der Waals surface area contributed by atoms with Crippen molar-refractivity contribution in [3.05, 3.63) is 24.3 Å². The van der Waals surface area contributed by atoms with Crippen LogP contribution in [0.3, 0.4) is 0 Å². The van der Waals surface area contributed by atoms with Crippen LogP contribution in [-0.2, 0) is 0 Å². The summed E-state index contributed by atoms with van der Waals surface area (Å²) in [6.45, 7) is 3.35. The quantitative estimate of drug-likeness (QED) is 0.529. The Bertz CT molecular complexity index is 489. The Hall–Kier alpha value is -1.99. The molecule has 24 heavy (non-hydrogen) atoms. The summed E-state index contributed by atoms with van der Waals surface area (Å²) < 4.78 is 5.42. The molecule has 0 saturated carbocycles. The lowest BCUT2D eigenvalue weighted by Gasteiger charge is -2.26. The standard InChI is InChI=1S/C17H27N3O4/c21-14-4-6-16(7-5-14)24-13-15(22)12-18-8-9-19-17(23)20-10-2-1-3-11-20/h4-7,15,18,21-22H,1-3,8-13H2,(H,19,23)/t15-/m1/s1. The van der Waals surface area contributed by atoms with E-state index in [1.807, 2.05) is 4.90 Å². The van der Waals surface area contributed by atoms with Gasteiger partial charge in [-0.3, -0.25) is 0 Å². The monoisotopic (exact) mass is 337 g/mol. The zero-order valence-electron chi connectivity index (χ0n) is 13.9. The first-order chi connectivity index (χ1) is 11.6. The minimum Gasteiger partial charge on any atom is -0.508 e. The largest absolute Gasteiger partial charge is 0.508 e. The average molecular weight is 337 g/mol. The number of hydrogen-bond donors (Lipinski definition) is 4. The van der Waals surface area contributed by atoms with Crippen LogP contribution >= 0.6 is 0 Å². The Kier molecular flexibility index (Phi) is 7.64. The molecule has 2 rings (SSSR count). The maximum atomic E-state index is 11.9. The second kappa shape index (κ2) is 10.00. The van der Waals surface area contributed by atoms with Gasteiger partial charge in [0.1, 0.15) is 24.2 Å². The molecule has 1 aliphatic rings. The minimum absolute atomic E-state index is 0.00675. The van der Waals surface area contributed by atoms with Crippen molar-refractivity contribution >= 4 is 6.03 Å². The lowest BCUT2D eigenvalue weighted by atomic mass is 10.1. The van der Waals surface area contributed by atoms with Gasteiger partial charge in [0, 0.05) is 32.7 Å². The molecule has 0 radical (unpaired) electrons. The van der Waals surface area contributed by atoms with Crippen LogP contribution in [0.2, 0.25) is 0 Å². The molecule has 1 aromatic carbocycles. The summed E-state index contributed by atoms with van der Waals surface area (Å²) in [6, 6.07) is 6.35. The molecule has 2 amide bonds. The summed E-state index contributed by atoms with van der Waals surface area (Å²) in [6.07, 6.45) is 2.73. The fourth-order valence-electron chi connectivity index (χ4n) is 2.53. The summed E-state index contributed by atoms with van der Waals surface area (Å²) in [7, 11) is 0. The molecular formula is C17H27N3O4. The van der Waals surface area contributed by atoms with Crippen LogP contribution in [0.4, 0.5) is 4.79 Å². The number of nitrogens with one attached hydrogen (secondary N) is 2. The fourth-order valence-corrected chi connectivity index (χ4v) is 2.53. The number of urea groups is 1. The van der Waals surface area contributed by atoms with E-state index in [0.29, 0.717) is 25.4 Å². The molecule has 1 atom stereocenters. The lowest BCUT2D eigenvalue weighted by molar-refractivity contribution is 0.106. The van der Waals surface area contributed by atoms with E-state index in [1.165, 1.54) is 18.6 Å². The van der Waals surface area contributed by atoms with Crippen LogP contribution in [0.25, 0.3) is 0 Å². The first-order valence-electron chi connectivity index (χ1n) is 8.48. The van der Waals surface area contributed by atoms with E-state index in [9.17, 15) is 15.0 Å². The predicted molar refractivity (Wildman–Crippen MR) is 91.3 cm³/mol. The maximum absolute atomic E-state index is 11.9. The highest BCUT2D eigenvalue weighted by Crippen LogP contribution is 2.15. The molecule has 0 bridgehead atoms. The summed E-state index contributed by atoms with van der Waals surface area (Å²) in [5.41, 5.74) is 0. The van der Waals surface area contributed by atoms with E-state index in [1.54, 1.807) is 12.1 Å². The van der Waals surface area contributed by atoms with Gasteiger partial charge in [0.2, 0.25) is 0 Å². The van der Waals surface area contributed by atoms with Gasteiger partial charge in [-0.15, -0.1) is 0 Å². The molecule has 7 nitrogen and oxygen atoms in total. The second-order valence-corrected chi connectivity index (χ2v) is 5.94. The zero-order valence-corrected chi connectivity index (χ0v) is 13.9. The Labute approximate surface area is 142 Å². The number of benzene rings is 1. The number of carbonyl (C=O) groups is 1. The number of amides is 2. The number of ether oxygens (including phenoxy) is 1. The van der Waals surface area contributed by atoms with E-state index in [-0.39, 0.29) is 18.4 Å². The molecule has 134 valence electrons. The molecule has 1 saturated heterocycles. The number of piperidine rings is 1. The third-order valence-corrected chi connectivity index (χ3v) is 3.88. The smallest absolute Gasteiger partial charge is 0.317 e. The van der Waals surface area contributed by atoms with E-state index < -0.39 is 6.10 Å². The van der Waals surface area contributed by atoms with Gasteiger partial charge in [-0.05, 0) is 43.5 Å². The number of likely N-dealkylation sites (tertiary alicyclic amines) is 1. The lowest BCUT2D eigenvalue weighted by Crippen LogP contribution is -2.45. The first-order valence-corrected chi connectivity index (χ1v) is 8.48. The van der Waals surface area contributed by atoms with Crippen molar-refractivity contribution in [2.75, 3.05) is 39.3 Å². The van der Waals surface area contributed by atoms with Gasteiger partial charge < -0.3 is 30.5 Å². The molecule has 1 aliphatic heterocycles. The van der Waals surface area contributed by atoms with Gasteiger partial charge in [-0.1, -0.05) is 0 Å². The van der Waals surface area contributed by atoms with Gasteiger partial charge >= 0.3 is 6.03 Å². The highest BCUT2D eigenvalue weighted by atomic mass is 16.5. The molecule has 4 N–H and O–H groups in total. The number of phenols is 1. The van der Waals surface area contributed by atoms with Gasteiger partial charge in [0.05, 0.1) is 0 Å². The van der Waals surface area contributed by atoms with Crippen LogP contribution in [-0.4, -0.2) is 66.6 Å². The second-order valence-electron chi connectivity index (χ2n) is 5.94. The van der Waals surface area contributed by atoms with Gasteiger partial charge in [-0.25, -0.2) is 4.79 Å². The topological polar surface area (TPSA) is 94.1 Å². The van der Waals surface area contributed by atoms with Crippen molar-refractivity contribution in [3.63, 3.8) is 0 Å². The Morgan fingerprint density at radius 2 is 1.88 bits per heavy atom. The zero-order chi connectivity index (χ0) is 17.2.